The van der Waals surface area contributed by atoms with Crippen LogP contribution in [0.1, 0.15) is 19.9 Å². The smallest absolute Gasteiger partial charge is 0.255 e. The van der Waals surface area contributed by atoms with Crippen LogP contribution in [0.2, 0.25) is 0 Å². The fourth-order valence-corrected chi connectivity index (χ4v) is 3.74. The van der Waals surface area contributed by atoms with Crippen molar-refractivity contribution in [3.8, 4) is 0 Å². The van der Waals surface area contributed by atoms with Gasteiger partial charge < -0.3 is 0 Å². The molecule has 1 aromatic heterocycles. The second-order valence-corrected chi connectivity index (χ2v) is 6.33. The van der Waals surface area contributed by atoms with Gasteiger partial charge in [0.25, 0.3) is 9.05 Å². The van der Waals surface area contributed by atoms with Gasteiger partial charge in [0.2, 0.25) is 0 Å². The highest BCUT2D eigenvalue weighted by Gasteiger charge is 2.20. The quantitative estimate of drug-likeness (QED) is 0.614. The number of hydrogen-bond acceptors (Lipinski definition) is 3. The van der Waals surface area contributed by atoms with Crippen LogP contribution in [0.3, 0.4) is 0 Å². The van der Waals surface area contributed by atoms with E-state index in [2.05, 4.69) is 5.10 Å². The Morgan fingerprint density at radius 3 is 2.38 bits per heavy atom. The molecule has 0 aliphatic heterocycles. The van der Waals surface area contributed by atoms with E-state index in [-0.39, 0.29) is 10.9 Å². The molecule has 1 heterocycles. The molecule has 0 N–H and O–H groups in total. The summed E-state index contributed by atoms with van der Waals surface area (Å²) in [6, 6.07) is 0.124. The summed E-state index contributed by atoms with van der Waals surface area (Å²) < 4.78 is 24.1. The van der Waals surface area contributed by atoms with Crippen molar-refractivity contribution in [2.24, 2.45) is 0 Å². The molecule has 1 rings (SSSR count). The first-order valence-electron chi connectivity index (χ1n) is 3.51. The van der Waals surface area contributed by atoms with E-state index in [1.54, 1.807) is 4.68 Å². The Hall–Kier alpha value is 0.180. The zero-order valence-corrected chi connectivity index (χ0v) is 10.8. The molecule has 0 aliphatic rings. The van der Waals surface area contributed by atoms with Crippen molar-refractivity contribution < 1.29 is 8.42 Å². The van der Waals surface area contributed by atoms with Crippen molar-refractivity contribution in [1.82, 2.24) is 9.78 Å². The average molecular weight is 335 g/mol. The summed E-state index contributed by atoms with van der Waals surface area (Å²) in [5.41, 5.74) is 0. The molecule has 0 aromatic carbocycles. The third-order valence-corrected chi connectivity index (χ3v) is 4.22. The molecule has 0 saturated carbocycles. The normalized spacial score (nSPS) is 12.4. The summed E-state index contributed by atoms with van der Waals surface area (Å²) in [7, 11) is 1.53. The van der Waals surface area contributed by atoms with E-state index < -0.39 is 9.05 Å². The molecule has 7 heteroatoms. The van der Waals surface area contributed by atoms with Crippen LogP contribution in [0.4, 0.5) is 0 Å². The summed E-state index contributed by atoms with van der Waals surface area (Å²) in [6.45, 7) is 3.83. The number of halogens is 2. The molecule has 74 valence electrons. The Labute approximate surface area is 94.8 Å². The Kier molecular flexibility index (Phi) is 3.24. The Morgan fingerprint density at radius 2 is 2.15 bits per heavy atom. The lowest BCUT2D eigenvalue weighted by Crippen LogP contribution is -2.05. The van der Waals surface area contributed by atoms with Gasteiger partial charge in [0.1, 0.15) is 8.60 Å². The zero-order chi connectivity index (χ0) is 10.2. The predicted molar refractivity (Wildman–Crippen MR) is 58.4 cm³/mol. The number of nitrogens with zero attached hydrogens (tertiary/aromatic N) is 2. The zero-order valence-electron chi connectivity index (χ0n) is 7.03. The Balaban J connectivity index is 3.30. The second-order valence-electron chi connectivity index (χ2n) is 2.78. The first-order chi connectivity index (χ1) is 5.84. The molecule has 0 spiro atoms. The fourth-order valence-electron chi connectivity index (χ4n) is 0.855. The molecule has 0 radical (unpaired) electrons. The standard InChI is InChI=1S/C6H8ClIN2O2S/c1-4(2)10-6(8)5(3-9-10)13(7,11)12/h3-4H,1-2H3. The van der Waals surface area contributed by atoms with E-state index in [0.29, 0.717) is 3.70 Å². The number of aromatic nitrogens is 2. The van der Waals surface area contributed by atoms with E-state index >= 15 is 0 Å². The van der Waals surface area contributed by atoms with Crippen molar-refractivity contribution in [1.29, 1.82) is 0 Å². The van der Waals surface area contributed by atoms with Crippen LogP contribution in [-0.2, 0) is 9.05 Å². The molecular formula is C6H8ClIN2O2S. The van der Waals surface area contributed by atoms with E-state index in [0.717, 1.165) is 0 Å². The van der Waals surface area contributed by atoms with Crippen molar-refractivity contribution in [3.05, 3.63) is 9.90 Å². The second kappa shape index (κ2) is 3.74. The molecule has 4 nitrogen and oxygen atoms in total. The van der Waals surface area contributed by atoms with E-state index in [1.807, 2.05) is 36.4 Å². The van der Waals surface area contributed by atoms with Gasteiger partial charge in [-0.1, -0.05) is 0 Å². The van der Waals surface area contributed by atoms with Gasteiger partial charge in [-0.2, -0.15) is 5.10 Å². The number of hydrogen-bond donors (Lipinski definition) is 0. The summed E-state index contributed by atoms with van der Waals surface area (Å²) >= 11 is 1.91. The predicted octanol–water partition coefficient (Wildman–Crippen LogP) is 2.00. The van der Waals surface area contributed by atoms with Gasteiger partial charge in [0.15, 0.2) is 0 Å². The van der Waals surface area contributed by atoms with Crippen LogP contribution >= 0.6 is 33.3 Å². The molecule has 0 amide bonds. The minimum atomic E-state index is -3.66. The van der Waals surface area contributed by atoms with Gasteiger partial charge in [-0.05, 0) is 36.4 Å². The van der Waals surface area contributed by atoms with Crippen molar-refractivity contribution >= 4 is 42.3 Å². The topological polar surface area (TPSA) is 52.0 Å². The Morgan fingerprint density at radius 1 is 1.62 bits per heavy atom. The van der Waals surface area contributed by atoms with Crippen LogP contribution < -0.4 is 0 Å². The van der Waals surface area contributed by atoms with E-state index in [1.165, 1.54) is 6.20 Å². The molecule has 0 fully saturated rings. The van der Waals surface area contributed by atoms with Crippen LogP contribution in [0.15, 0.2) is 11.1 Å². The van der Waals surface area contributed by atoms with Crippen molar-refractivity contribution in [2.45, 2.75) is 24.8 Å². The summed E-state index contributed by atoms with van der Waals surface area (Å²) in [4.78, 5) is 0.0727. The van der Waals surface area contributed by atoms with Crippen LogP contribution in [0.25, 0.3) is 0 Å². The lowest BCUT2D eigenvalue weighted by Gasteiger charge is -2.06. The lowest BCUT2D eigenvalue weighted by atomic mass is 10.4. The van der Waals surface area contributed by atoms with Crippen molar-refractivity contribution in [3.63, 3.8) is 0 Å². The minimum Gasteiger partial charge on any atom is -0.255 e. The molecular weight excluding hydrogens is 327 g/mol. The van der Waals surface area contributed by atoms with Gasteiger partial charge in [0, 0.05) is 16.7 Å². The average Bonchev–Trinajstić information content (AvgIpc) is 2.28. The van der Waals surface area contributed by atoms with Gasteiger partial charge in [-0.15, -0.1) is 0 Å². The molecule has 13 heavy (non-hydrogen) atoms. The van der Waals surface area contributed by atoms with Crippen LogP contribution in [-0.4, -0.2) is 18.2 Å². The molecule has 0 saturated heterocycles. The van der Waals surface area contributed by atoms with Gasteiger partial charge in [0.05, 0.1) is 6.20 Å². The highest BCUT2D eigenvalue weighted by Crippen LogP contribution is 2.23. The highest BCUT2D eigenvalue weighted by atomic mass is 127. The third kappa shape index (κ3) is 2.35. The summed E-state index contributed by atoms with van der Waals surface area (Å²) in [6.07, 6.45) is 1.27. The SMILES string of the molecule is CC(C)n1ncc(S(=O)(=O)Cl)c1I. The largest absolute Gasteiger partial charge is 0.265 e. The van der Waals surface area contributed by atoms with Crippen LogP contribution in [0.5, 0.6) is 0 Å². The first kappa shape index (κ1) is 11.3. The lowest BCUT2D eigenvalue weighted by molar-refractivity contribution is 0.518. The van der Waals surface area contributed by atoms with E-state index in [4.69, 9.17) is 10.7 Å². The third-order valence-electron chi connectivity index (χ3n) is 1.46. The van der Waals surface area contributed by atoms with Crippen LogP contribution in [0, 0.1) is 3.70 Å². The monoisotopic (exact) mass is 334 g/mol. The molecule has 0 bridgehead atoms. The van der Waals surface area contributed by atoms with Gasteiger partial charge in [-0.3, -0.25) is 4.68 Å². The molecule has 0 unspecified atom stereocenters. The molecule has 0 atom stereocenters. The maximum Gasteiger partial charge on any atom is 0.265 e. The summed E-state index contributed by atoms with van der Waals surface area (Å²) in [5.74, 6) is 0. The number of rotatable bonds is 2. The summed E-state index contributed by atoms with van der Waals surface area (Å²) in [5, 5.41) is 3.93. The molecule has 0 aliphatic carbocycles. The Bertz CT molecular complexity index is 412. The first-order valence-corrected chi connectivity index (χ1v) is 6.90. The van der Waals surface area contributed by atoms with Crippen molar-refractivity contribution in [2.75, 3.05) is 0 Å². The fraction of sp³-hybridized carbons (Fsp3) is 0.500. The highest BCUT2D eigenvalue weighted by molar-refractivity contribution is 14.1. The maximum atomic E-state index is 11.0. The minimum absolute atomic E-state index is 0.0727. The maximum absolute atomic E-state index is 11.0. The van der Waals surface area contributed by atoms with E-state index in [9.17, 15) is 8.42 Å². The molecule has 1 aromatic rings. The van der Waals surface area contributed by atoms with Gasteiger partial charge in [-0.25, -0.2) is 8.42 Å². The van der Waals surface area contributed by atoms with Gasteiger partial charge >= 0.3 is 0 Å².